The van der Waals surface area contributed by atoms with Gasteiger partial charge in [0.1, 0.15) is 0 Å². The number of nitrogens with one attached hydrogen (secondary N) is 1. The van der Waals surface area contributed by atoms with Gasteiger partial charge in [-0.15, -0.1) is 6.58 Å². The average molecular weight is 300 g/mol. The van der Waals surface area contributed by atoms with E-state index in [0.717, 1.165) is 5.56 Å². The lowest BCUT2D eigenvalue weighted by molar-refractivity contribution is -0.139. The fourth-order valence-electron chi connectivity index (χ4n) is 2.50. The molecule has 116 valence electrons. The van der Waals surface area contributed by atoms with E-state index >= 15 is 0 Å². The molecule has 0 saturated heterocycles. The maximum absolute atomic E-state index is 12.4. The number of allylic oxidation sites excluding steroid dienone is 1. The van der Waals surface area contributed by atoms with Crippen LogP contribution in [0.1, 0.15) is 25.5 Å². The first-order valence-corrected chi connectivity index (χ1v) is 7.21. The highest BCUT2D eigenvalue weighted by Crippen LogP contribution is 2.31. The molecule has 2 amide bonds. The SMILES string of the molecule is C=CCN1C(=O)N[C@@H](c2ccccc2)C(C(=O)OCC)=C1C. The predicted octanol–water partition coefficient (Wildman–Crippen LogP) is 2.78. The number of carbonyl (C=O) groups excluding carboxylic acids is 2. The summed E-state index contributed by atoms with van der Waals surface area (Å²) in [4.78, 5) is 26.1. The minimum atomic E-state index is -0.506. The van der Waals surface area contributed by atoms with Gasteiger partial charge in [0.15, 0.2) is 0 Å². The number of esters is 1. The maximum atomic E-state index is 12.4. The van der Waals surface area contributed by atoms with Crippen molar-refractivity contribution in [3.8, 4) is 0 Å². The summed E-state index contributed by atoms with van der Waals surface area (Å²) in [7, 11) is 0. The Bertz CT molecular complexity index is 608. The van der Waals surface area contributed by atoms with E-state index in [2.05, 4.69) is 11.9 Å². The zero-order valence-electron chi connectivity index (χ0n) is 12.8. The van der Waals surface area contributed by atoms with Gasteiger partial charge in [-0.1, -0.05) is 36.4 Å². The van der Waals surface area contributed by atoms with Crippen LogP contribution in [0.5, 0.6) is 0 Å². The van der Waals surface area contributed by atoms with Crippen LogP contribution in [0.4, 0.5) is 4.79 Å². The zero-order chi connectivity index (χ0) is 16.1. The molecule has 0 saturated carbocycles. The lowest BCUT2D eigenvalue weighted by Crippen LogP contribution is -2.48. The second kappa shape index (κ2) is 6.93. The Kier molecular flexibility index (Phi) is 4.99. The smallest absolute Gasteiger partial charge is 0.338 e. The van der Waals surface area contributed by atoms with Crippen molar-refractivity contribution in [1.29, 1.82) is 0 Å². The monoisotopic (exact) mass is 300 g/mol. The number of hydrogen-bond acceptors (Lipinski definition) is 3. The van der Waals surface area contributed by atoms with E-state index in [1.807, 2.05) is 30.3 Å². The minimum absolute atomic E-state index is 0.251. The third-order valence-corrected chi connectivity index (χ3v) is 3.54. The number of rotatable bonds is 5. The largest absolute Gasteiger partial charge is 0.463 e. The van der Waals surface area contributed by atoms with Gasteiger partial charge in [0.2, 0.25) is 0 Å². The van der Waals surface area contributed by atoms with Crippen molar-refractivity contribution in [2.45, 2.75) is 19.9 Å². The summed E-state index contributed by atoms with van der Waals surface area (Å²) >= 11 is 0. The van der Waals surface area contributed by atoms with Crippen LogP contribution in [0.15, 0.2) is 54.3 Å². The summed E-state index contributed by atoms with van der Waals surface area (Å²) in [6.07, 6.45) is 1.62. The van der Waals surface area contributed by atoms with Crippen molar-refractivity contribution in [2.24, 2.45) is 0 Å². The third kappa shape index (κ3) is 3.03. The maximum Gasteiger partial charge on any atom is 0.338 e. The van der Waals surface area contributed by atoms with Crippen molar-refractivity contribution in [3.05, 3.63) is 59.8 Å². The van der Waals surface area contributed by atoms with E-state index < -0.39 is 12.0 Å². The number of carbonyl (C=O) groups is 2. The van der Waals surface area contributed by atoms with Crippen LogP contribution in [-0.2, 0) is 9.53 Å². The first kappa shape index (κ1) is 15.8. The molecule has 2 rings (SSSR count). The Balaban J connectivity index is 2.50. The average Bonchev–Trinajstić information content (AvgIpc) is 2.52. The second-order valence-electron chi connectivity index (χ2n) is 4.91. The van der Waals surface area contributed by atoms with Crippen molar-refractivity contribution >= 4 is 12.0 Å². The topological polar surface area (TPSA) is 58.6 Å². The number of nitrogens with zero attached hydrogens (tertiary/aromatic N) is 1. The second-order valence-corrected chi connectivity index (χ2v) is 4.91. The molecule has 5 heteroatoms. The van der Waals surface area contributed by atoms with Crippen LogP contribution in [0.2, 0.25) is 0 Å². The number of ether oxygens (including phenoxy) is 1. The zero-order valence-corrected chi connectivity index (χ0v) is 12.8. The molecule has 1 atom stereocenters. The van der Waals surface area contributed by atoms with Crippen LogP contribution >= 0.6 is 0 Å². The summed E-state index contributed by atoms with van der Waals surface area (Å²) in [6, 6.07) is 8.62. The molecule has 1 aromatic rings. The molecule has 0 aromatic heterocycles. The van der Waals surface area contributed by atoms with Gasteiger partial charge in [-0.05, 0) is 19.4 Å². The molecule has 22 heavy (non-hydrogen) atoms. The van der Waals surface area contributed by atoms with Crippen molar-refractivity contribution in [2.75, 3.05) is 13.2 Å². The van der Waals surface area contributed by atoms with Gasteiger partial charge in [0, 0.05) is 12.2 Å². The fraction of sp³-hybridized carbons (Fsp3) is 0.294. The Hall–Kier alpha value is -2.56. The normalized spacial score (nSPS) is 18.0. The standard InChI is InChI=1S/C17H20N2O3/c1-4-11-19-12(3)14(16(20)22-5-2)15(18-17(19)21)13-9-7-6-8-10-13/h4,6-10,15H,1,5,11H2,2-3H3,(H,18,21)/t15-/m0/s1. The summed E-state index contributed by atoms with van der Waals surface area (Å²) in [6.45, 7) is 7.78. The molecule has 0 bridgehead atoms. The highest BCUT2D eigenvalue weighted by molar-refractivity contribution is 5.95. The van der Waals surface area contributed by atoms with Crippen molar-refractivity contribution in [3.63, 3.8) is 0 Å². The van der Waals surface area contributed by atoms with Crippen LogP contribution in [0.25, 0.3) is 0 Å². The molecular formula is C17H20N2O3. The van der Waals surface area contributed by atoms with Crippen LogP contribution in [0.3, 0.4) is 0 Å². The Morgan fingerprint density at radius 1 is 1.41 bits per heavy atom. The first-order chi connectivity index (χ1) is 10.6. The lowest BCUT2D eigenvalue weighted by Gasteiger charge is -2.34. The summed E-state index contributed by atoms with van der Waals surface area (Å²) in [5, 5.41) is 2.87. The minimum Gasteiger partial charge on any atom is -0.463 e. The van der Waals surface area contributed by atoms with Gasteiger partial charge in [0.05, 0.1) is 18.2 Å². The van der Waals surface area contributed by atoms with Gasteiger partial charge >= 0.3 is 12.0 Å². The van der Waals surface area contributed by atoms with E-state index in [1.54, 1.807) is 19.9 Å². The molecule has 1 aliphatic rings. The third-order valence-electron chi connectivity index (χ3n) is 3.54. The molecule has 1 N–H and O–H groups in total. The van der Waals surface area contributed by atoms with Gasteiger partial charge in [0.25, 0.3) is 0 Å². The molecule has 1 aliphatic heterocycles. The quantitative estimate of drug-likeness (QED) is 0.672. The predicted molar refractivity (Wildman–Crippen MR) is 84.0 cm³/mol. The fourth-order valence-corrected chi connectivity index (χ4v) is 2.50. The van der Waals surface area contributed by atoms with E-state index in [1.165, 1.54) is 4.90 Å². The molecule has 1 aromatic carbocycles. The van der Waals surface area contributed by atoms with Gasteiger partial charge in [-0.2, -0.15) is 0 Å². The van der Waals surface area contributed by atoms with E-state index in [9.17, 15) is 9.59 Å². The molecule has 0 aliphatic carbocycles. The van der Waals surface area contributed by atoms with Gasteiger partial charge < -0.3 is 10.1 Å². The van der Waals surface area contributed by atoms with E-state index in [0.29, 0.717) is 17.8 Å². The van der Waals surface area contributed by atoms with Crippen LogP contribution in [-0.4, -0.2) is 30.1 Å². The Morgan fingerprint density at radius 3 is 2.68 bits per heavy atom. The number of hydrogen-bond donors (Lipinski definition) is 1. The number of amides is 2. The number of urea groups is 1. The van der Waals surface area contributed by atoms with Gasteiger partial charge in [-0.3, -0.25) is 4.90 Å². The molecule has 0 spiro atoms. The molecule has 0 fully saturated rings. The Morgan fingerprint density at radius 2 is 2.09 bits per heavy atom. The van der Waals surface area contributed by atoms with E-state index in [-0.39, 0.29) is 12.6 Å². The molecular weight excluding hydrogens is 280 g/mol. The summed E-state index contributed by atoms with van der Waals surface area (Å²) < 4.78 is 5.16. The van der Waals surface area contributed by atoms with Crippen LogP contribution < -0.4 is 5.32 Å². The lowest BCUT2D eigenvalue weighted by atomic mass is 9.95. The first-order valence-electron chi connectivity index (χ1n) is 7.21. The molecule has 0 radical (unpaired) electrons. The number of benzene rings is 1. The highest BCUT2D eigenvalue weighted by atomic mass is 16.5. The van der Waals surface area contributed by atoms with Gasteiger partial charge in [-0.25, -0.2) is 9.59 Å². The van der Waals surface area contributed by atoms with Crippen LogP contribution in [0, 0.1) is 0 Å². The van der Waals surface area contributed by atoms with Crippen molar-refractivity contribution in [1.82, 2.24) is 10.2 Å². The molecule has 0 unspecified atom stereocenters. The van der Waals surface area contributed by atoms with Crippen molar-refractivity contribution < 1.29 is 14.3 Å². The molecule has 5 nitrogen and oxygen atoms in total. The summed E-state index contributed by atoms with van der Waals surface area (Å²) in [5.74, 6) is -0.414. The Labute approximate surface area is 130 Å². The highest BCUT2D eigenvalue weighted by Gasteiger charge is 2.35. The summed E-state index contributed by atoms with van der Waals surface area (Å²) in [5.41, 5.74) is 1.89. The molecule has 1 heterocycles. The van der Waals surface area contributed by atoms with E-state index in [4.69, 9.17) is 4.74 Å².